The monoisotopic (exact) mass is 514 g/mol. The molecule has 2 aromatic rings. The van der Waals surface area contributed by atoms with E-state index >= 15 is 0 Å². The van der Waals surface area contributed by atoms with Gasteiger partial charge in [0.15, 0.2) is 11.7 Å². The van der Waals surface area contributed by atoms with Crippen molar-refractivity contribution in [2.24, 2.45) is 4.99 Å². The van der Waals surface area contributed by atoms with Crippen molar-refractivity contribution in [3.05, 3.63) is 45.9 Å². The molecule has 0 amide bonds. The molecule has 0 atom stereocenters. The molecule has 1 heterocycles. The molecule has 5 nitrogen and oxygen atoms in total. The van der Waals surface area contributed by atoms with E-state index in [0.29, 0.717) is 24.1 Å². The third-order valence-electron chi connectivity index (χ3n) is 3.43. The molecule has 0 aliphatic rings. The summed E-state index contributed by atoms with van der Waals surface area (Å²) in [5.41, 5.74) is 0.210. The zero-order chi connectivity index (χ0) is 19.0. The summed E-state index contributed by atoms with van der Waals surface area (Å²) in [5, 5.41) is 7.46. The Morgan fingerprint density at radius 1 is 1.26 bits per heavy atom. The molecule has 27 heavy (non-hydrogen) atoms. The highest BCUT2D eigenvalue weighted by Gasteiger charge is 2.33. The lowest BCUT2D eigenvalue weighted by atomic mass is 10.1. The summed E-state index contributed by atoms with van der Waals surface area (Å²) in [6.45, 7) is 3.32. The van der Waals surface area contributed by atoms with E-state index < -0.39 is 11.9 Å². The van der Waals surface area contributed by atoms with Crippen molar-refractivity contribution in [1.29, 1.82) is 0 Å². The number of halogens is 4. The number of thiazole rings is 1. The predicted octanol–water partition coefficient (Wildman–Crippen LogP) is 4.09. The second-order valence-corrected chi connectivity index (χ2v) is 6.21. The summed E-state index contributed by atoms with van der Waals surface area (Å²) in [7, 11) is 1.60. The molecule has 0 saturated heterocycles. The van der Waals surface area contributed by atoms with Crippen molar-refractivity contribution in [2.45, 2.75) is 26.1 Å². The van der Waals surface area contributed by atoms with Crippen LogP contribution < -0.4 is 15.4 Å². The van der Waals surface area contributed by atoms with Gasteiger partial charge in [-0.15, -0.1) is 35.3 Å². The van der Waals surface area contributed by atoms with Crippen molar-refractivity contribution >= 4 is 41.3 Å². The zero-order valence-corrected chi connectivity index (χ0v) is 18.1. The van der Waals surface area contributed by atoms with E-state index in [0.717, 1.165) is 34.5 Å². The van der Waals surface area contributed by atoms with Crippen molar-refractivity contribution in [1.82, 2.24) is 15.6 Å². The minimum atomic E-state index is -4.41. The molecule has 0 aliphatic heterocycles. The molecule has 0 bridgehead atoms. The first-order valence-electron chi connectivity index (χ1n) is 8.10. The van der Waals surface area contributed by atoms with E-state index in [4.69, 9.17) is 4.74 Å². The smallest absolute Gasteiger partial charge is 0.434 e. The maximum Gasteiger partial charge on any atom is 0.434 e. The Kier molecular flexibility index (Phi) is 9.84. The molecule has 0 radical (unpaired) electrons. The van der Waals surface area contributed by atoms with Crippen LogP contribution in [0, 0.1) is 0 Å². The summed E-state index contributed by atoms with van der Waals surface area (Å²) < 4.78 is 43.3. The van der Waals surface area contributed by atoms with Gasteiger partial charge in [-0.05, 0) is 25.0 Å². The lowest BCUT2D eigenvalue weighted by Crippen LogP contribution is -2.37. The first-order valence-corrected chi connectivity index (χ1v) is 8.98. The van der Waals surface area contributed by atoms with Crippen molar-refractivity contribution < 1.29 is 17.9 Å². The fraction of sp³-hybridized carbons (Fsp3) is 0.412. The van der Waals surface area contributed by atoms with Gasteiger partial charge in [0, 0.05) is 19.0 Å². The largest absolute Gasteiger partial charge is 0.494 e. The molecule has 2 rings (SSSR count). The Morgan fingerprint density at radius 3 is 2.63 bits per heavy atom. The minimum absolute atomic E-state index is 0. The van der Waals surface area contributed by atoms with E-state index in [-0.39, 0.29) is 30.5 Å². The van der Waals surface area contributed by atoms with E-state index in [9.17, 15) is 13.2 Å². The molecule has 10 heteroatoms. The summed E-state index contributed by atoms with van der Waals surface area (Å²) in [6, 6.07) is 7.79. The quantitative estimate of drug-likeness (QED) is 0.332. The van der Waals surface area contributed by atoms with Crippen LogP contribution >= 0.6 is 35.3 Å². The van der Waals surface area contributed by atoms with Crippen LogP contribution in [0.4, 0.5) is 13.2 Å². The molecule has 2 N–H and O–H groups in total. The minimum Gasteiger partial charge on any atom is -0.494 e. The molecule has 150 valence electrons. The molecule has 0 spiro atoms. The highest BCUT2D eigenvalue weighted by atomic mass is 127. The van der Waals surface area contributed by atoms with Crippen LogP contribution in [0.5, 0.6) is 5.75 Å². The molecule has 0 unspecified atom stereocenters. The fourth-order valence-electron chi connectivity index (χ4n) is 2.22. The lowest BCUT2D eigenvalue weighted by Gasteiger charge is -2.13. The van der Waals surface area contributed by atoms with Crippen LogP contribution in [0.15, 0.2) is 34.6 Å². The first-order chi connectivity index (χ1) is 12.4. The number of guanidine groups is 1. The van der Waals surface area contributed by atoms with Gasteiger partial charge in [0.05, 0.1) is 13.2 Å². The average molecular weight is 514 g/mol. The number of rotatable bonds is 7. The standard InChI is InChI=1S/C17H21F3N4OS.HI/c1-3-25-13-7-5-4-6-12(13)8-9-22-16(21-2)23-10-15-24-14(11-26-15)17(18,19)20;/h4-7,11H,3,8-10H2,1-2H3,(H2,21,22,23);1H. The number of hydrogen-bond donors (Lipinski definition) is 2. The second kappa shape index (κ2) is 11.3. The molecule has 0 saturated carbocycles. The normalized spacial score (nSPS) is 11.7. The van der Waals surface area contributed by atoms with Gasteiger partial charge in [0.25, 0.3) is 0 Å². The molecule has 1 aromatic heterocycles. The van der Waals surface area contributed by atoms with Crippen molar-refractivity contribution in [2.75, 3.05) is 20.2 Å². The summed E-state index contributed by atoms with van der Waals surface area (Å²) in [5.74, 6) is 1.35. The highest BCUT2D eigenvalue weighted by molar-refractivity contribution is 14.0. The van der Waals surface area contributed by atoms with E-state index in [1.165, 1.54) is 0 Å². The van der Waals surface area contributed by atoms with Gasteiger partial charge in [0.1, 0.15) is 10.8 Å². The van der Waals surface area contributed by atoms with E-state index in [1.807, 2.05) is 31.2 Å². The first kappa shape index (κ1) is 23.5. The number of ether oxygens (including phenoxy) is 1. The van der Waals surface area contributed by atoms with Crippen LogP contribution in [-0.4, -0.2) is 31.1 Å². The fourth-order valence-corrected chi connectivity index (χ4v) is 2.97. The maximum atomic E-state index is 12.6. The summed E-state index contributed by atoms with van der Waals surface area (Å²) in [4.78, 5) is 7.65. The number of nitrogens with one attached hydrogen (secondary N) is 2. The van der Waals surface area contributed by atoms with Crippen LogP contribution in [0.3, 0.4) is 0 Å². The Hall–Kier alpha value is -1.56. The number of hydrogen-bond acceptors (Lipinski definition) is 4. The number of benzene rings is 1. The van der Waals surface area contributed by atoms with Crippen LogP contribution in [-0.2, 0) is 19.1 Å². The molecular weight excluding hydrogens is 492 g/mol. The van der Waals surface area contributed by atoms with Gasteiger partial charge in [-0.3, -0.25) is 4.99 Å². The van der Waals surface area contributed by atoms with Gasteiger partial charge in [-0.2, -0.15) is 13.2 Å². The molecule has 0 aliphatic carbocycles. The molecule has 1 aromatic carbocycles. The van der Waals surface area contributed by atoms with Gasteiger partial charge < -0.3 is 15.4 Å². The van der Waals surface area contributed by atoms with Crippen molar-refractivity contribution in [3.8, 4) is 5.75 Å². The molecule has 0 fully saturated rings. The Balaban J connectivity index is 0.00000364. The van der Waals surface area contributed by atoms with E-state index in [2.05, 4.69) is 20.6 Å². The number of aromatic nitrogens is 1. The average Bonchev–Trinajstić information content (AvgIpc) is 3.09. The van der Waals surface area contributed by atoms with Gasteiger partial charge in [-0.25, -0.2) is 4.98 Å². The Bertz CT molecular complexity index is 737. The van der Waals surface area contributed by atoms with Gasteiger partial charge >= 0.3 is 6.18 Å². The third-order valence-corrected chi connectivity index (χ3v) is 4.28. The number of para-hydroxylation sites is 1. The van der Waals surface area contributed by atoms with Crippen LogP contribution in [0.25, 0.3) is 0 Å². The Morgan fingerprint density at radius 2 is 2.00 bits per heavy atom. The second-order valence-electron chi connectivity index (χ2n) is 5.27. The van der Waals surface area contributed by atoms with Gasteiger partial charge in [0.2, 0.25) is 0 Å². The summed E-state index contributed by atoms with van der Waals surface area (Å²) >= 11 is 0.964. The summed E-state index contributed by atoms with van der Waals surface area (Å²) in [6.07, 6.45) is -3.69. The van der Waals surface area contributed by atoms with Crippen LogP contribution in [0.2, 0.25) is 0 Å². The van der Waals surface area contributed by atoms with Crippen LogP contribution in [0.1, 0.15) is 23.2 Å². The highest BCUT2D eigenvalue weighted by Crippen LogP contribution is 2.29. The van der Waals surface area contributed by atoms with Gasteiger partial charge in [-0.1, -0.05) is 18.2 Å². The SMILES string of the molecule is CCOc1ccccc1CCNC(=NC)NCc1nc(C(F)(F)F)cs1.I. The maximum absolute atomic E-state index is 12.6. The number of nitrogens with zero attached hydrogens (tertiary/aromatic N) is 2. The number of alkyl halides is 3. The third kappa shape index (κ3) is 7.53. The molecular formula is C17H22F3IN4OS. The predicted molar refractivity (Wildman–Crippen MR) is 112 cm³/mol. The lowest BCUT2D eigenvalue weighted by molar-refractivity contribution is -0.140. The Labute approximate surface area is 177 Å². The van der Waals surface area contributed by atoms with Crippen molar-refractivity contribution in [3.63, 3.8) is 0 Å². The topological polar surface area (TPSA) is 58.5 Å². The van der Waals surface area contributed by atoms with E-state index in [1.54, 1.807) is 7.05 Å². The number of aliphatic imine (C=N–C) groups is 1. The zero-order valence-electron chi connectivity index (χ0n) is 15.0.